The van der Waals surface area contributed by atoms with Crippen LogP contribution in [0.3, 0.4) is 0 Å². The summed E-state index contributed by atoms with van der Waals surface area (Å²) in [6.07, 6.45) is 10.8. The van der Waals surface area contributed by atoms with Crippen molar-refractivity contribution in [2.45, 2.75) is 77.6 Å². The van der Waals surface area contributed by atoms with Gasteiger partial charge in [0.2, 0.25) is 0 Å². The van der Waals surface area contributed by atoms with Crippen LogP contribution in [0.5, 0.6) is 0 Å². The summed E-state index contributed by atoms with van der Waals surface area (Å²) in [7, 11) is 0. The quantitative estimate of drug-likeness (QED) is 0.487. The zero-order valence-corrected chi connectivity index (χ0v) is 14.5. The zero-order chi connectivity index (χ0) is 15.4. The minimum atomic E-state index is 0.321. The second-order valence-electron chi connectivity index (χ2n) is 6.30. The van der Waals surface area contributed by atoms with Gasteiger partial charge in [0.15, 0.2) is 0 Å². The number of benzene rings is 1. The second-order valence-corrected chi connectivity index (χ2v) is 6.30. The molecule has 0 bridgehead atoms. The van der Waals surface area contributed by atoms with Crippen LogP contribution >= 0.6 is 0 Å². The van der Waals surface area contributed by atoms with Crippen molar-refractivity contribution in [1.82, 2.24) is 5.32 Å². The van der Waals surface area contributed by atoms with Gasteiger partial charge in [-0.25, -0.2) is 0 Å². The molecule has 0 radical (unpaired) electrons. The molecule has 0 heterocycles. The Bertz CT molecular complexity index is 346. The van der Waals surface area contributed by atoms with Crippen LogP contribution in [-0.2, 0) is 5.41 Å². The Morgan fingerprint density at radius 2 is 1.52 bits per heavy atom. The van der Waals surface area contributed by atoms with Gasteiger partial charge in [-0.1, -0.05) is 89.6 Å². The molecule has 0 spiro atoms. The summed E-state index contributed by atoms with van der Waals surface area (Å²) in [5.74, 6) is 0. The van der Waals surface area contributed by atoms with E-state index < -0.39 is 0 Å². The summed E-state index contributed by atoms with van der Waals surface area (Å²) in [5, 5.41) is 3.60. The molecule has 0 amide bonds. The maximum Gasteiger partial charge on any atom is 0.00751 e. The van der Waals surface area contributed by atoms with Crippen LogP contribution in [0, 0.1) is 0 Å². The van der Waals surface area contributed by atoms with E-state index in [0.29, 0.717) is 5.41 Å². The van der Waals surface area contributed by atoms with Gasteiger partial charge >= 0.3 is 0 Å². The minimum Gasteiger partial charge on any atom is -0.316 e. The molecule has 0 aliphatic carbocycles. The van der Waals surface area contributed by atoms with Crippen molar-refractivity contribution in [3.05, 3.63) is 35.9 Å². The van der Waals surface area contributed by atoms with E-state index in [1.54, 1.807) is 0 Å². The standard InChI is InChI=1S/C20H35N/c1-4-7-8-9-10-14-17-20(5-2,18-21-6-3)19-15-12-11-13-16-19/h11-13,15-16,21H,4-10,14,17-18H2,1-3H3. The number of hydrogen-bond acceptors (Lipinski definition) is 1. The van der Waals surface area contributed by atoms with Crippen LogP contribution < -0.4 is 5.32 Å². The van der Waals surface area contributed by atoms with Gasteiger partial charge in [-0.2, -0.15) is 0 Å². The molecule has 1 rings (SSSR count). The van der Waals surface area contributed by atoms with E-state index in [4.69, 9.17) is 0 Å². The molecule has 1 aromatic carbocycles. The first kappa shape index (κ1) is 18.2. The molecule has 0 saturated carbocycles. The van der Waals surface area contributed by atoms with Crippen LogP contribution in [0.2, 0.25) is 0 Å². The Labute approximate surface area is 132 Å². The van der Waals surface area contributed by atoms with Gasteiger partial charge in [-0.05, 0) is 24.9 Å². The molecule has 0 saturated heterocycles. The van der Waals surface area contributed by atoms with Crippen molar-refractivity contribution in [3.63, 3.8) is 0 Å². The summed E-state index contributed by atoms with van der Waals surface area (Å²) in [6.45, 7) is 9.01. The number of likely N-dealkylation sites (N-methyl/N-ethyl adjacent to an activating group) is 1. The Balaban J connectivity index is 2.59. The predicted molar refractivity (Wildman–Crippen MR) is 94.9 cm³/mol. The molecule has 0 fully saturated rings. The van der Waals surface area contributed by atoms with E-state index in [1.165, 1.54) is 56.9 Å². The van der Waals surface area contributed by atoms with Crippen LogP contribution in [0.25, 0.3) is 0 Å². The molecule has 1 aromatic rings. The van der Waals surface area contributed by atoms with Gasteiger partial charge in [0.1, 0.15) is 0 Å². The molecule has 1 atom stereocenters. The Morgan fingerprint density at radius 3 is 2.14 bits per heavy atom. The monoisotopic (exact) mass is 289 g/mol. The lowest BCUT2D eigenvalue weighted by atomic mass is 9.74. The zero-order valence-electron chi connectivity index (χ0n) is 14.5. The maximum atomic E-state index is 3.60. The minimum absolute atomic E-state index is 0.321. The van der Waals surface area contributed by atoms with Crippen molar-refractivity contribution in [3.8, 4) is 0 Å². The SMILES string of the molecule is CCCCCCCCC(CC)(CNCC)c1ccccc1. The number of nitrogens with one attached hydrogen (secondary N) is 1. The number of hydrogen-bond donors (Lipinski definition) is 1. The first-order valence-corrected chi connectivity index (χ1v) is 9.05. The fourth-order valence-electron chi connectivity index (χ4n) is 3.24. The molecule has 1 N–H and O–H groups in total. The van der Waals surface area contributed by atoms with Gasteiger partial charge in [0.05, 0.1) is 0 Å². The van der Waals surface area contributed by atoms with E-state index in [0.717, 1.165) is 13.1 Å². The highest BCUT2D eigenvalue weighted by molar-refractivity contribution is 5.25. The lowest BCUT2D eigenvalue weighted by molar-refractivity contribution is 0.342. The molecule has 120 valence electrons. The van der Waals surface area contributed by atoms with Crippen LogP contribution in [0.1, 0.15) is 77.7 Å². The van der Waals surface area contributed by atoms with Crippen LogP contribution in [0.4, 0.5) is 0 Å². The largest absolute Gasteiger partial charge is 0.316 e. The van der Waals surface area contributed by atoms with E-state index in [1.807, 2.05) is 0 Å². The lowest BCUT2D eigenvalue weighted by Crippen LogP contribution is -2.37. The second kappa shape index (κ2) is 10.8. The van der Waals surface area contributed by atoms with Crippen molar-refractivity contribution in [1.29, 1.82) is 0 Å². The van der Waals surface area contributed by atoms with Crippen molar-refractivity contribution in [2.24, 2.45) is 0 Å². The van der Waals surface area contributed by atoms with Gasteiger partial charge in [0.25, 0.3) is 0 Å². The van der Waals surface area contributed by atoms with E-state index in [-0.39, 0.29) is 0 Å². The highest BCUT2D eigenvalue weighted by atomic mass is 14.9. The first-order valence-electron chi connectivity index (χ1n) is 9.05. The number of unbranched alkanes of at least 4 members (excludes halogenated alkanes) is 5. The summed E-state index contributed by atoms with van der Waals surface area (Å²) in [6, 6.07) is 11.1. The highest BCUT2D eigenvalue weighted by Crippen LogP contribution is 2.33. The van der Waals surface area contributed by atoms with Crippen LogP contribution in [0.15, 0.2) is 30.3 Å². The van der Waals surface area contributed by atoms with Gasteiger partial charge in [0, 0.05) is 12.0 Å². The Morgan fingerprint density at radius 1 is 0.857 bits per heavy atom. The summed E-state index contributed by atoms with van der Waals surface area (Å²) in [5.41, 5.74) is 1.84. The van der Waals surface area contributed by atoms with Gasteiger partial charge in [-0.3, -0.25) is 0 Å². The summed E-state index contributed by atoms with van der Waals surface area (Å²) < 4.78 is 0. The molecule has 1 nitrogen and oxygen atoms in total. The topological polar surface area (TPSA) is 12.0 Å². The van der Waals surface area contributed by atoms with Gasteiger partial charge in [-0.15, -0.1) is 0 Å². The predicted octanol–water partition coefficient (Wildman–Crippen LogP) is 5.69. The smallest absolute Gasteiger partial charge is 0.00751 e. The Hall–Kier alpha value is -0.820. The van der Waals surface area contributed by atoms with E-state index in [9.17, 15) is 0 Å². The van der Waals surface area contributed by atoms with E-state index in [2.05, 4.69) is 56.4 Å². The normalized spacial score (nSPS) is 14.0. The summed E-state index contributed by atoms with van der Waals surface area (Å²) >= 11 is 0. The van der Waals surface area contributed by atoms with Crippen molar-refractivity contribution in [2.75, 3.05) is 13.1 Å². The molecule has 1 heteroatoms. The van der Waals surface area contributed by atoms with Crippen LogP contribution in [-0.4, -0.2) is 13.1 Å². The molecule has 21 heavy (non-hydrogen) atoms. The third kappa shape index (κ3) is 6.22. The first-order chi connectivity index (χ1) is 10.3. The van der Waals surface area contributed by atoms with Gasteiger partial charge < -0.3 is 5.32 Å². The number of rotatable bonds is 12. The highest BCUT2D eigenvalue weighted by Gasteiger charge is 2.28. The molecule has 0 aromatic heterocycles. The Kier molecular flexibility index (Phi) is 9.41. The fraction of sp³-hybridized carbons (Fsp3) is 0.700. The van der Waals surface area contributed by atoms with Crippen molar-refractivity contribution >= 4 is 0 Å². The fourth-order valence-corrected chi connectivity index (χ4v) is 3.24. The molecular formula is C20H35N. The third-order valence-corrected chi connectivity index (χ3v) is 4.79. The summed E-state index contributed by atoms with van der Waals surface area (Å²) in [4.78, 5) is 0. The molecule has 0 aliphatic heterocycles. The van der Waals surface area contributed by atoms with Crippen molar-refractivity contribution < 1.29 is 0 Å². The maximum absolute atomic E-state index is 3.60. The third-order valence-electron chi connectivity index (χ3n) is 4.79. The average Bonchev–Trinajstić information content (AvgIpc) is 2.55. The molecular weight excluding hydrogens is 254 g/mol. The lowest BCUT2D eigenvalue weighted by Gasteiger charge is -2.34. The molecule has 1 unspecified atom stereocenters. The average molecular weight is 290 g/mol. The molecule has 0 aliphatic rings. The van der Waals surface area contributed by atoms with E-state index >= 15 is 0 Å².